The summed E-state index contributed by atoms with van der Waals surface area (Å²) in [6.45, 7) is 7.34. The lowest BCUT2D eigenvalue weighted by Gasteiger charge is -2.28. The lowest BCUT2D eigenvalue weighted by atomic mass is 9.91. The van der Waals surface area contributed by atoms with Crippen molar-refractivity contribution < 1.29 is 4.74 Å². The van der Waals surface area contributed by atoms with Crippen LogP contribution in [0.1, 0.15) is 56.8 Å². The van der Waals surface area contributed by atoms with Gasteiger partial charge in [-0.3, -0.25) is 4.79 Å². The van der Waals surface area contributed by atoms with Crippen molar-refractivity contribution in [3.05, 3.63) is 33.7 Å². The Bertz CT molecular complexity index is 496. The summed E-state index contributed by atoms with van der Waals surface area (Å²) in [7, 11) is 0. The minimum atomic E-state index is 0.102. The van der Waals surface area contributed by atoms with Gasteiger partial charge in [0.05, 0.1) is 6.61 Å². The molecular weight excluding hydrogens is 264 g/mol. The molecule has 0 saturated heterocycles. The lowest BCUT2D eigenvalue weighted by molar-refractivity contribution is 0.122. The van der Waals surface area contributed by atoms with E-state index in [1.54, 1.807) is 6.07 Å². The molecule has 0 spiro atoms. The quantitative estimate of drug-likeness (QED) is 0.749. The Morgan fingerprint density at radius 1 is 1.33 bits per heavy atom. The van der Waals surface area contributed by atoms with Gasteiger partial charge in [-0.05, 0) is 37.8 Å². The van der Waals surface area contributed by atoms with Crippen LogP contribution >= 0.6 is 0 Å². The molecule has 4 heteroatoms. The van der Waals surface area contributed by atoms with Crippen molar-refractivity contribution in [2.45, 2.75) is 58.5 Å². The molecule has 1 aromatic heterocycles. The standard InChI is InChI=1S/C17H28N2O2/c1-3-5-12-21-13-11-19-16-8-6-7-15(18-4-2)14(16)9-10-17(19)20/h9-10,15,18H,3-8,11-13H2,1-2H3. The van der Waals surface area contributed by atoms with Crippen molar-refractivity contribution in [3.63, 3.8) is 0 Å². The molecule has 21 heavy (non-hydrogen) atoms. The summed E-state index contributed by atoms with van der Waals surface area (Å²) >= 11 is 0. The molecule has 0 saturated carbocycles. The summed E-state index contributed by atoms with van der Waals surface area (Å²) in [6, 6.07) is 4.12. The van der Waals surface area contributed by atoms with Crippen LogP contribution in [0.3, 0.4) is 0 Å². The smallest absolute Gasteiger partial charge is 0.250 e. The largest absolute Gasteiger partial charge is 0.380 e. The number of rotatable bonds is 8. The first kappa shape index (κ1) is 16.2. The molecule has 1 aliphatic rings. The van der Waals surface area contributed by atoms with E-state index in [1.807, 2.05) is 10.6 Å². The van der Waals surface area contributed by atoms with E-state index < -0.39 is 0 Å². The van der Waals surface area contributed by atoms with Gasteiger partial charge in [-0.25, -0.2) is 0 Å². The second kappa shape index (κ2) is 8.35. The van der Waals surface area contributed by atoms with Crippen LogP contribution in [-0.2, 0) is 17.7 Å². The van der Waals surface area contributed by atoms with Crippen LogP contribution in [0, 0.1) is 0 Å². The molecule has 0 amide bonds. The first-order valence-electron chi connectivity index (χ1n) is 8.31. The molecule has 1 atom stereocenters. The van der Waals surface area contributed by atoms with Crippen molar-refractivity contribution in [1.29, 1.82) is 0 Å². The molecule has 0 radical (unpaired) electrons. The first-order chi connectivity index (χ1) is 10.3. The summed E-state index contributed by atoms with van der Waals surface area (Å²) in [6.07, 6.45) is 5.54. The Hall–Kier alpha value is -1.13. The van der Waals surface area contributed by atoms with Crippen molar-refractivity contribution in [1.82, 2.24) is 9.88 Å². The third-order valence-corrected chi connectivity index (χ3v) is 4.16. The average molecular weight is 292 g/mol. The van der Waals surface area contributed by atoms with E-state index in [1.165, 1.54) is 11.3 Å². The molecule has 1 heterocycles. The molecule has 1 aromatic rings. The van der Waals surface area contributed by atoms with Crippen LogP contribution in [0.25, 0.3) is 0 Å². The Morgan fingerprint density at radius 3 is 2.95 bits per heavy atom. The van der Waals surface area contributed by atoms with E-state index in [0.29, 0.717) is 19.2 Å². The number of unbranched alkanes of at least 4 members (excludes halogenated alkanes) is 1. The maximum absolute atomic E-state index is 12.2. The third kappa shape index (κ3) is 4.17. The van der Waals surface area contributed by atoms with E-state index in [0.717, 1.165) is 45.3 Å². The second-order valence-electron chi connectivity index (χ2n) is 5.69. The number of hydrogen-bond acceptors (Lipinski definition) is 3. The van der Waals surface area contributed by atoms with Crippen molar-refractivity contribution >= 4 is 0 Å². The van der Waals surface area contributed by atoms with Gasteiger partial charge in [0.15, 0.2) is 0 Å². The number of aromatic nitrogens is 1. The number of nitrogens with zero attached hydrogens (tertiary/aromatic N) is 1. The predicted octanol–water partition coefficient (Wildman–Crippen LogP) is 2.65. The number of fused-ring (bicyclic) bond motifs is 1. The third-order valence-electron chi connectivity index (χ3n) is 4.16. The molecule has 0 bridgehead atoms. The Kier molecular flexibility index (Phi) is 6.46. The maximum atomic E-state index is 12.2. The zero-order valence-electron chi connectivity index (χ0n) is 13.4. The van der Waals surface area contributed by atoms with E-state index in [2.05, 4.69) is 19.2 Å². The summed E-state index contributed by atoms with van der Waals surface area (Å²) in [5, 5.41) is 3.52. The van der Waals surface area contributed by atoms with Gasteiger partial charge in [0.1, 0.15) is 0 Å². The molecule has 0 aromatic carbocycles. The fourth-order valence-corrected chi connectivity index (χ4v) is 3.07. The summed E-state index contributed by atoms with van der Waals surface area (Å²) < 4.78 is 7.54. The van der Waals surface area contributed by atoms with Gasteiger partial charge in [0.2, 0.25) is 0 Å². The van der Waals surface area contributed by atoms with Gasteiger partial charge in [-0.15, -0.1) is 0 Å². The molecule has 1 unspecified atom stereocenters. The van der Waals surface area contributed by atoms with E-state index in [4.69, 9.17) is 4.74 Å². The van der Waals surface area contributed by atoms with Crippen LogP contribution in [0.4, 0.5) is 0 Å². The van der Waals surface area contributed by atoms with E-state index in [-0.39, 0.29) is 5.56 Å². The maximum Gasteiger partial charge on any atom is 0.250 e. The second-order valence-corrected chi connectivity index (χ2v) is 5.69. The Balaban J connectivity index is 2.10. The van der Waals surface area contributed by atoms with Crippen LogP contribution in [0.5, 0.6) is 0 Å². The van der Waals surface area contributed by atoms with Crippen LogP contribution in [0.15, 0.2) is 16.9 Å². The monoisotopic (exact) mass is 292 g/mol. The Labute approximate surface area is 127 Å². The summed E-state index contributed by atoms with van der Waals surface area (Å²) in [5.41, 5.74) is 2.61. The fraction of sp³-hybridized carbons (Fsp3) is 0.706. The average Bonchev–Trinajstić information content (AvgIpc) is 2.49. The molecular formula is C17H28N2O2. The Morgan fingerprint density at radius 2 is 2.19 bits per heavy atom. The van der Waals surface area contributed by atoms with Crippen molar-refractivity contribution in [2.24, 2.45) is 0 Å². The highest BCUT2D eigenvalue weighted by Crippen LogP contribution is 2.28. The van der Waals surface area contributed by atoms with Crippen LogP contribution in [0.2, 0.25) is 0 Å². The van der Waals surface area contributed by atoms with Crippen LogP contribution in [-0.4, -0.2) is 24.3 Å². The number of hydrogen-bond donors (Lipinski definition) is 1. The van der Waals surface area contributed by atoms with E-state index in [9.17, 15) is 4.79 Å². The highest BCUT2D eigenvalue weighted by atomic mass is 16.5. The molecule has 118 valence electrons. The predicted molar refractivity (Wildman–Crippen MR) is 85.8 cm³/mol. The normalized spacial score (nSPS) is 17.7. The fourth-order valence-electron chi connectivity index (χ4n) is 3.07. The van der Waals surface area contributed by atoms with Gasteiger partial charge < -0.3 is 14.6 Å². The number of nitrogens with one attached hydrogen (secondary N) is 1. The minimum Gasteiger partial charge on any atom is -0.380 e. The summed E-state index contributed by atoms with van der Waals surface area (Å²) in [5.74, 6) is 0. The highest BCUT2D eigenvalue weighted by Gasteiger charge is 2.22. The summed E-state index contributed by atoms with van der Waals surface area (Å²) in [4.78, 5) is 12.2. The van der Waals surface area contributed by atoms with Gasteiger partial charge in [-0.2, -0.15) is 0 Å². The molecule has 0 fully saturated rings. The van der Waals surface area contributed by atoms with Gasteiger partial charge in [0, 0.05) is 31.0 Å². The van der Waals surface area contributed by atoms with Gasteiger partial charge in [0.25, 0.3) is 5.56 Å². The van der Waals surface area contributed by atoms with Crippen molar-refractivity contribution in [3.8, 4) is 0 Å². The minimum absolute atomic E-state index is 0.102. The molecule has 1 N–H and O–H groups in total. The first-order valence-corrected chi connectivity index (χ1v) is 8.31. The van der Waals surface area contributed by atoms with E-state index >= 15 is 0 Å². The zero-order valence-corrected chi connectivity index (χ0v) is 13.4. The van der Waals surface area contributed by atoms with Crippen molar-refractivity contribution in [2.75, 3.05) is 19.8 Å². The SMILES string of the molecule is CCCCOCCn1c2c(ccc1=O)C(NCC)CCC2. The lowest BCUT2D eigenvalue weighted by Crippen LogP contribution is -2.32. The van der Waals surface area contributed by atoms with Gasteiger partial charge in [-0.1, -0.05) is 26.3 Å². The molecule has 4 nitrogen and oxygen atoms in total. The number of pyridine rings is 1. The van der Waals surface area contributed by atoms with Gasteiger partial charge >= 0.3 is 0 Å². The highest BCUT2D eigenvalue weighted by molar-refractivity contribution is 5.27. The molecule has 2 rings (SSSR count). The molecule has 0 aliphatic heterocycles. The number of ether oxygens (including phenoxy) is 1. The zero-order chi connectivity index (χ0) is 15.1. The molecule has 1 aliphatic carbocycles. The topological polar surface area (TPSA) is 43.3 Å². The van der Waals surface area contributed by atoms with Crippen LogP contribution < -0.4 is 10.9 Å².